The van der Waals surface area contributed by atoms with Gasteiger partial charge in [-0.05, 0) is 42.0 Å². The number of esters is 1. The molecule has 0 unspecified atom stereocenters. The fraction of sp³-hybridized carbons (Fsp3) is 0.167. The molecule has 0 aliphatic rings. The molecule has 3 aromatic carbocycles. The van der Waals surface area contributed by atoms with Crippen LogP contribution < -0.4 is 19.5 Å². The van der Waals surface area contributed by atoms with E-state index in [4.69, 9.17) is 18.9 Å². The van der Waals surface area contributed by atoms with Crippen molar-refractivity contribution in [3.63, 3.8) is 0 Å². The van der Waals surface area contributed by atoms with Crippen molar-refractivity contribution in [2.24, 2.45) is 0 Å². The van der Waals surface area contributed by atoms with E-state index in [2.05, 4.69) is 5.32 Å². The Morgan fingerprint density at radius 3 is 2.06 bits per heavy atom. The number of hydrogen-bond donors (Lipinski definition) is 1. The number of amides is 1. The summed E-state index contributed by atoms with van der Waals surface area (Å²) in [5.74, 6) is 0.210. The van der Waals surface area contributed by atoms with Crippen LogP contribution in [0.3, 0.4) is 0 Å². The highest BCUT2D eigenvalue weighted by molar-refractivity contribution is 6.04. The molecule has 0 saturated heterocycles. The molecule has 3 aromatic rings. The Labute approximate surface area is 180 Å². The second kappa shape index (κ2) is 10.2. The van der Waals surface area contributed by atoms with Gasteiger partial charge in [0.15, 0.2) is 11.5 Å². The van der Waals surface area contributed by atoms with E-state index in [0.717, 1.165) is 11.3 Å². The largest absolute Gasteiger partial charge is 0.493 e. The normalized spacial score (nSPS) is 10.2. The van der Waals surface area contributed by atoms with Crippen molar-refractivity contribution in [3.05, 3.63) is 83.4 Å². The number of benzene rings is 3. The Morgan fingerprint density at radius 1 is 0.774 bits per heavy atom. The van der Waals surface area contributed by atoms with E-state index in [1.54, 1.807) is 36.4 Å². The molecule has 160 valence electrons. The molecular formula is C24H23NO6. The minimum Gasteiger partial charge on any atom is -0.493 e. The van der Waals surface area contributed by atoms with Gasteiger partial charge in [0.2, 0.25) is 5.75 Å². The van der Waals surface area contributed by atoms with Gasteiger partial charge in [0.25, 0.3) is 5.91 Å². The summed E-state index contributed by atoms with van der Waals surface area (Å²) in [6.45, 7) is 0.0386. The zero-order valence-electron chi connectivity index (χ0n) is 17.5. The Bertz CT molecular complexity index is 1050. The van der Waals surface area contributed by atoms with Crippen molar-refractivity contribution in [3.8, 4) is 17.2 Å². The summed E-state index contributed by atoms with van der Waals surface area (Å²) >= 11 is 0. The molecular weight excluding hydrogens is 398 g/mol. The first kappa shape index (κ1) is 21.7. The summed E-state index contributed by atoms with van der Waals surface area (Å²) in [5, 5.41) is 2.82. The molecule has 0 spiro atoms. The first-order chi connectivity index (χ1) is 15.1. The molecule has 0 aliphatic carbocycles. The second-order valence-corrected chi connectivity index (χ2v) is 6.48. The lowest BCUT2D eigenvalue weighted by Crippen LogP contribution is -2.12. The molecule has 1 N–H and O–H groups in total. The summed E-state index contributed by atoms with van der Waals surface area (Å²) < 4.78 is 21.2. The zero-order chi connectivity index (χ0) is 22.2. The van der Waals surface area contributed by atoms with Gasteiger partial charge in [0.1, 0.15) is 12.2 Å². The van der Waals surface area contributed by atoms with Crippen LogP contribution in [0.2, 0.25) is 0 Å². The Morgan fingerprint density at radius 2 is 1.45 bits per heavy atom. The van der Waals surface area contributed by atoms with E-state index in [9.17, 15) is 9.59 Å². The van der Waals surface area contributed by atoms with Gasteiger partial charge in [-0.2, -0.15) is 0 Å². The Kier molecular flexibility index (Phi) is 7.11. The number of carbonyl (C=O) groups excluding carboxylic acids is 2. The number of para-hydroxylation sites is 1. The topological polar surface area (TPSA) is 83.1 Å². The van der Waals surface area contributed by atoms with Gasteiger partial charge in [-0.3, -0.25) is 4.79 Å². The van der Waals surface area contributed by atoms with Crippen LogP contribution in [-0.4, -0.2) is 33.2 Å². The lowest BCUT2D eigenvalue weighted by Gasteiger charge is -2.15. The van der Waals surface area contributed by atoms with Crippen LogP contribution >= 0.6 is 0 Å². The van der Waals surface area contributed by atoms with Crippen LogP contribution in [0.4, 0.5) is 5.69 Å². The van der Waals surface area contributed by atoms with Crippen molar-refractivity contribution in [1.29, 1.82) is 0 Å². The third-order valence-electron chi connectivity index (χ3n) is 4.54. The fourth-order valence-electron chi connectivity index (χ4n) is 2.97. The lowest BCUT2D eigenvalue weighted by atomic mass is 10.1. The van der Waals surface area contributed by atoms with Gasteiger partial charge < -0.3 is 24.3 Å². The second-order valence-electron chi connectivity index (χ2n) is 6.48. The van der Waals surface area contributed by atoms with E-state index < -0.39 is 5.97 Å². The Balaban J connectivity index is 1.65. The summed E-state index contributed by atoms with van der Waals surface area (Å²) in [6.07, 6.45) is 0. The molecule has 1 amide bonds. The number of ether oxygens (including phenoxy) is 4. The smallest absolute Gasteiger partial charge is 0.342 e. The first-order valence-electron chi connectivity index (χ1n) is 9.48. The van der Waals surface area contributed by atoms with Crippen molar-refractivity contribution >= 4 is 17.6 Å². The van der Waals surface area contributed by atoms with Crippen molar-refractivity contribution in [1.82, 2.24) is 0 Å². The zero-order valence-corrected chi connectivity index (χ0v) is 17.5. The highest BCUT2D eigenvalue weighted by Gasteiger charge is 2.21. The molecule has 0 fully saturated rings. The van der Waals surface area contributed by atoms with E-state index >= 15 is 0 Å². The number of anilines is 1. The van der Waals surface area contributed by atoms with E-state index in [-0.39, 0.29) is 23.8 Å². The van der Waals surface area contributed by atoms with Crippen LogP contribution in [-0.2, 0) is 11.3 Å². The highest BCUT2D eigenvalue weighted by Crippen LogP contribution is 2.40. The third-order valence-corrected chi connectivity index (χ3v) is 4.54. The van der Waals surface area contributed by atoms with E-state index in [1.165, 1.54) is 21.3 Å². The van der Waals surface area contributed by atoms with Crippen molar-refractivity contribution in [2.45, 2.75) is 6.61 Å². The number of rotatable bonds is 8. The first-order valence-corrected chi connectivity index (χ1v) is 9.48. The fourth-order valence-corrected chi connectivity index (χ4v) is 2.97. The molecule has 0 bridgehead atoms. The molecule has 31 heavy (non-hydrogen) atoms. The maximum Gasteiger partial charge on any atom is 0.342 e. The van der Waals surface area contributed by atoms with E-state index in [1.807, 2.05) is 30.3 Å². The van der Waals surface area contributed by atoms with Crippen molar-refractivity contribution in [2.75, 3.05) is 26.6 Å². The monoisotopic (exact) mass is 421 g/mol. The van der Waals surface area contributed by atoms with Gasteiger partial charge in [0.05, 0.1) is 21.3 Å². The maximum atomic E-state index is 12.6. The van der Waals surface area contributed by atoms with Crippen LogP contribution in [0.1, 0.15) is 26.3 Å². The van der Waals surface area contributed by atoms with Gasteiger partial charge in [0, 0.05) is 11.3 Å². The SMILES string of the molecule is COc1ccc(C(=O)OCc2ccc(C(=O)Nc3ccccc3)cc2)c(OC)c1OC. The number of nitrogens with one attached hydrogen (secondary N) is 1. The van der Waals surface area contributed by atoms with Gasteiger partial charge in [-0.25, -0.2) is 4.79 Å². The summed E-state index contributed by atoms with van der Waals surface area (Å²) in [5.41, 5.74) is 2.18. The van der Waals surface area contributed by atoms with Gasteiger partial charge in [-0.1, -0.05) is 30.3 Å². The number of hydrogen-bond acceptors (Lipinski definition) is 6. The van der Waals surface area contributed by atoms with Crippen LogP contribution in [0.5, 0.6) is 17.2 Å². The average molecular weight is 421 g/mol. The molecule has 0 atom stereocenters. The molecule has 0 aliphatic heterocycles. The van der Waals surface area contributed by atoms with E-state index in [0.29, 0.717) is 17.1 Å². The van der Waals surface area contributed by atoms with Gasteiger partial charge in [-0.15, -0.1) is 0 Å². The average Bonchev–Trinajstić information content (AvgIpc) is 2.82. The summed E-state index contributed by atoms with van der Waals surface area (Å²) in [6, 6.07) is 19.2. The maximum absolute atomic E-state index is 12.6. The molecule has 0 radical (unpaired) electrons. The number of methoxy groups -OCH3 is 3. The van der Waals surface area contributed by atoms with Crippen LogP contribution in [0.15, 0.2) is 66.7 Å². The van der Waals surface area contributed by atoms with Gasteiger partial charge >= 0.3 is 5.97 Å². The highest BCUT2D eigenvalue weighted by atomic mass is 16.5. The molecule has 3 rings (SSSR count). The minimum atomic E-state index is -0.566. The standard InChI is InChI=1S/C24H23NO6/c1-28-20-14-13-19(21(29-2)22(20)30-3)24(27)31-15-16-9-11-17(12-10-16)23(26)25-18-7-5-4-6-8-18/h4-14H,15H2,1-3H3,(H,25,26). The molecule has 0 aromatic heterocycles. The molecule has 7 heteroatoms. The predicted octanol–water partition coefficient (Wildman–Crippen LogP) is 4.32. The molecule has 0 saturated carbocycles. The quantitative estimate of drug-likeness (QED) is 0.546. The summed E-state index contributed by atoms with van der Waals surface area (Å²) in [4.78, 5) is 24.9. The summed E-state index contributed by atoms with van der Waals surface area (Å²) in [7, 11) is 4.40. The van der Waals surface area contributed by atoms with Crippen LogP contribution in [0, 0.1) is 0 Å². The van der Waals surface area contributed by atoms with Crippen molar-refractivity contribution < 1.29 is 28.5 Å². The third kappa shape index (κ3) is 5.14. The molecule has 0 heterocycles. The molecule has 7 nitrogen and oxygen atoms in total. The Hall–Kier alpha value is -4.00. The lowest BCUT2D eigenvalue weighted by molar-refractivity contribution is 0.0468. The number of carbonyl (C=O) groups is 2. The van der Waals surface area contributed by atoms with Crippen LogP contribution in [0.25, 0.3) is 0 Å². The predicted molar refractivity (Wildman–Crippen MR) is 116 cm³/mol. The minimum absolute atomic E-state index is 0.0386.